The zero-order valence-corrected chi connectivity index (χ0v) is 131. The molecule has 2 amide bonds. The molecular formula is C34H95B5Cl2N3O4P67S. The number of hydrogen-bond acceptors (Lipinski definition) is 4. The molecule has 82 heteroatoms. The molecule has 39 unspecified atom stereocenters. The van der Waals surface area contributed by atoms with Crippen LogP contribution in [0.15, 0.2) is 120 Å². The maximum Gasteiger partial charge on any atom is 0.249 e. The van der Waals surface area contributed by atoms with Crippen LogP contribution in [0.5, 0.6) is 0 Å². The summed E-state index contributed by atoms with van der Waals surface area (Å²) in [5.41, 5.74) is 8.45. The van der Waals surface area contributed by atoms with Gasteiger partial charge in [0.05, 0.1) is 17.0 Å². The lowest BCUT2D eigenvalue weighted by Gasteiger charge is -2.62. The Morgan fingerprint density at radius 1 is 0.422 bits per heavy atom. The number of amides is 2. The van der Waals surface area contributed by atoms with Gasteiger partial charge in [-0.1, -0.05) is 102 Å². The quantitative estimate of drug-likeness (QED) is 0.0340. The number of carbonyl (C=O) groups is 2. The Kier molecular flexibility index (Phi) is 78.8. The maximum absolute atomic E-state index is 14.7. The van der Waals surface area contributed by atoms with Crippen LogP contribution in [-0.2, 0) is 26.0 Å². The van der Waals surface area contributed by atoms with Crippen LogP contribution in [0.1, 0.15) is 40.8 Å². The first kappa shape index (κ1) is 133. The molecule has 0 saturated heterocycles. The number of aryl methyl sites for hydroxylation is 1. The number of carbonyl (C=O) groups excluding carboxylic acids is 2. The topological polar surface area (TPSA) is 110 Å². The lowest BCUT2D eigenvalue weighted by atomic mass is 9.88. The minimum absolute atomic E-state index is 0.117. The fraction of sp³-hybridized carbons (Fsp3) is 0.176. The average Bonchev–Trinajstić information content (AvgIpc) is 0.754. The molecule has 1 heterocycles. The van der Waals surface area contributed by atoms with Gasteiger partial charge in [0.15, 0.2) is 0 Å². The molecule has 0 saturated carbocycles. The van der Waals surface area contributed by atoms with E-state index in [2.05, 4.69) is 291 Å². The third-order valence-electron chi connectivity index (χ3n) is 14.0. The van der Waals surface area contributed by atoms with Crippen LogP contribution in [0.25, 0.3) is 0 Å². The first-order valence-corrected chi connectivity index (χ1v) is 156. The summed E-state index contributed by atoms with van der Waals surface area (Å²) in [6, 6.07) is 26.9. The van der Waals surface area contributed by atoms with Gasteiger partial charge < -0.3 is 11.1 Å². The van der Waals surface area contributed by atoms with Crippen LogP contribution in [-0.4, -0.2) is 68.4 Å². The van der Waals surface area contributed by atoms with Crippen molar-refractivity contribution in [1.82, 2.24) is 9.62 Å². The Hall–Kier alpha value is 25.2. The van der Waals surface area contributed by atoms with Gasteiger partial charge in [0.25, 0.3) is 0 Å². The van der Waals surface area contributed by atoms with Crippen LogP contribution in [0.4, 0.5) is 0 Å². The van der Waals surface area contributed by atoms with Gasteiger partial charge in [-0.25, -0.2) is 8.42 Å². The summed E-state index contributed by atoms with van der Waals surface area (Å²) in [5.74, 6) is -1.31. The highest BCUT2D eigenvalue weighted by Crippen LogP contribution is 3.50. The lowest BCUT2D eigenvalue weighted by molar-refractivity contribution is -0.125. The molecule has 42 atom stereocenters. The standard InChI is InChI=1S/C34H31Cl2N3O4S.B5H64P67/c1-22-8-5-6-13-31(22)44(42,43)39-30(24-14-16-26(35)17-15-24)19-18-28(32(39)25-11-7-12-27(36)21-25)34(41)38-29(33(37)40)20-23-9-3-2-4-10-23;1-38(2)56(37)65(55(35)36)70(66(57(39(3)4)40(5)6)58(41(7)8)42(9)10)72(69(63(51(27)28)52(29)30)64(53(31)32)54(33)34)71(67(59(43(11)12)44(13)14)60(45(15)16)46(17)18)68(61(47(19)20)48(21)22)62(49(23)24)50(25)26/h2-18,21,29-30,32H,19-20H2,1H3,(H2,37,40)(H,38,41);6-37H2/t29-,30-,32-;/m0./s1. The van der Waals surface area contributed by atoms with Gasteiger partial charge in [-0.2, -0.15) is 19.0 Å². The largest absolute Gasteiger partial charge is 0.368 e. The van der Waals surface area contributed by atoms with Gasteiger partial charge in [-0.05, 0) is 290 Å². The SMILES string of the molecule is Cc1ccccc1S(=O)(=O)N1[C@@H](c2cccc(Cl)c2)C(C(=O)N[C@@H](Cc2ccccc2)C(N)=O)=CC[C@H]1c1ccc(Cl)cc1.[B]P([B])P(P)P(P(P)P)P(P(P(P([B])[B])P([B])P)P(P(P)P)P(P)P)P(P(P(P(P)P)P(P)P)P(P(P)P)P(P)P)P(P(P(P(P)P)P(P)P)P(P(P)P)P(P)P)P(P(P(P)P)P(P)P)P(P(P)P)P(P)P. The minimum Gasteiger partial charge on any atom is -0.368 e. The highest BCUT2D eigenvalue weighted by atomic mass is 35.5. The van der Waals surface area contributed by atoms with Crippen molar-refractivity contribution >= 4 is 614 Å². The van der Waals surface area contributed by atoms with Gasteiger partial charge in [0.2, 0.25) is 21.8 Å². The van der Waals surface area contributed by atoms with Gasteiger partial charge >= 0.3 is 0 Å². The molecule has 0 fully saturated rings. The van der Waals surface area contributed by atoms with Gasteiger partial charge in [0, 0.05) is 22.0 Å². The van der Waals surface area contributed by atoms with E-state index >= 15 is 0 Å². The number of nitrogens with zero attached hydrogens (tertiary/aromatic N) is 1. The molecule has 5 rings (SSSR count). The average molecular weight is 2840 g/mol. The smallest absolute Gasteiger partial charge is 0.249 e. The molecule has 0 spiro atoms. The molecule has 0 aliphatic carbocycles. The zero-order chi connectivity index (χ0) is 88.6. The summed E-state index contributed by atoms with van der Waals surface area (Å²) in [6.07, 6.45) is 2.09. The maximum atomic E-state index is 14.7. The summed E-state index contributed by atoms with van der Waals surface area (Å²) in [7, 11) is 143. The number of halogens is 2. The van der Waals surface area contributed by atoms with E-state index in [-0.39, 0.29) is 51.3 Å². The van der Waals surface area contributed by atoms with Crippen LogP contribution >= 0.6 is 554 Å². The van der Waals surface area contributed by atoms with E-state index in [1.165, 1.54) is 4.31 Å². The Morgan fingerprint density at radius 3 is 1.08 bits per heavy atom. The van der Waals surface area contributed by atoms with Crippen molar-refractivity contribution in [3.63, 3.8) is 0 Å². The summed E-state index contributed by atoms with van der Waals surface area (Å²) >= 11 is 12.6. The second-order valence-corrected chi connectivity index (χ2v) is 302. The lowest BCUT2D eigenvalue weighted by Crippen LogP contribution is -2.49. The number of primary amides is 1. The van der Waals surface area contributed by atoms with E-state index in [1.54, 1.807) is 85.8 Å². The van der Waals surface area contributed by atoms with Crippen molar-refractivity contribution < 1.29 is 18.0 Å². The Balaban J connectivity index is 0.000000543. The number of rotatable bonds is 43. The normalized spacial score (nSPS) is 17.5. The summed E-state index contributed by atoms with van der Waals surface area (Å²) < 4.78 is 30.8. The molecule has 10 radical (unpaired) electrons. The molecule has 640 valence electrons. The molecule has 1 aliphatic heterocycles. The molecule has 0 aromatic heterocycles. The molecule has 7 nitrogen and oxygen atoms in total. The van der Waals surface area contributed by atoms with Crippen molar-refractivity contribution in [2.45, 2.75) is 42.8 Å². The van der Waals surface area contributed by atoms with Crippen LogP contribution in [0, 0.1) is 6.92 Å². The highest BCUT2D eigenvalue weighted by Gasteiger charge is 2.64. The zero-order valence-electron chi connectivity index (χ0n) is 60.9. The third kappa shape index (κ3) is 41.5. The predicted molar refractivity (Wildman–Crippen MR) is 754 cm³/mol. The second kappa shape index (κ2) is 68.4. The number of benzene rings is 4. The fourth-order valence-corrected chi connectivity index (χ4v) is 995. The Labute approximate surface area is 826 Å². The minimum atomic E-state index is -4.23. The van der Waals surface area contributed by atoms with Crippen LogP contribution < -0.4 is 11.1 Å². The number of nitrogens with one attached hydrogen (secondary N) is 1. The number of hydrogen-bond donors (Lipinski definition) is 2. The molecule has 4 aromatic carbocycles. The van der Waals surface area contributed by atoms with Crippen molar-refractivity contribution in [3.05, 3.63) is 147 Å². The van der Waals surface area contributed by atoms with Gasteiger partial charge in [0.1, 0.15) is 43.9 Å². The Bertz CT molecular complexity index is 3610. The number of sulfonamides is 1. The third-order valence-corrected chi connectivity index (χ3v) is 494. The summed E-state index contributed by atoms with van der Waals surface area (Å²) in [6.45, 7) is -13.7. The fourth-order valence-electron chi connectivity index (χ4n) is 9.85. The highest BCUT2D eigenvalue weighted by molar-refractivity contribution is 9.56. The van der Waals surface area contributed by atoms with Gasteiger partial charge in [-0.3, -0.25) is 9.59 Å². The van der Waals surface area contributed by atoms with E-state index in [9.17, 15) is 18.0 Å². The monoisotopic (exact) mass is 2840 g/mol. The number of nitrogens with two attached hydrogens (primary N) is 1. The van der Waals surface area contributed by atoms with Crippen molar-refractivity contribution in [2.75, 3.05) is 0 Å². The van der Waals surface area contributed by atoms with E-state index in [0.29, 0.717) is 26.7 Å². The summed E-state index contributed by atoms with van der Waals surface area (Å²) in [5, 5.41) is 3.67. The second-order valence-electron chi connectivity index (χ2n) is 22.1. The summed E-state index contributed by atoms with van der Waals surface area (Å²) in [4.78, 5) is 26.7. The van der Waals surface area contributed by atoms with Crippen molar-refractivity contribution in [3.8, 4) is 0 Å². The van der Waals surface area contributed by atoms with Crippen molar-refractivity contribution in [1.29, 1.82) is 0 Å². The Morgan fingerprint density at radius 2 is 0.759 bits per heavy atom. The molecule has 3 N–H and O–H groups in total. The first-order valence-electron chi connectivity index (χ1n) is 30.4. The molecule has 116 heavy (non-hydrogen) atoms. The molecule has 4 aromatic rings. The van der Waals surface area contributed by atoms with E-state index < -0.39 is 258 Å². The molecule has 0 bridgehead atoms. The molecular weight excluding hydrogens is 2750 g/mol. The van der Waals surface area contributed by atoms with Crippen molar-refractivity contribution in [2.24, 2.45) is 5.73 Å². The first-order chi connectivity index (χ1) is 53.8. The van der Waals surface area contributed by atoms with Gasteiger partial charge in [-0.15, -0.1) is 293 Å². The van der Waals surface area contributed by atoms with E-state index in [4.69, 9.17) is 66.8 Å². The molecule has 1 aliphatic rings. The van der Waals surface area contributed by atoms with E-state index in [1.807, 2.05) is 30.3 Å². The van der Waals surface area contributed by atoms with E-state index in [0.717, 1.165) is 5.56 Å². The van der Waals surface area contributed by atoms with Crippen LogP contribution in [0.2, 0.25) is 10.0 Å². The van der Waals surface area contributed by atoms with Crippen LogP contribution in [0.3, 0.4) is 0 Å². The predicted octanol–water partition coefficient (Wildman–Crippen LogP) is 45.0.